The van der Waals surface area contributed by atoms with Gasteiger partial charge < -0.3 is 5.11 Å². The summed E-state index contributed by atoms with van der Waals surface area (Å²) in [5.74, 6) is 0. The zero-order valence-corrected chi connectivity index (χ0v) is 7.59. The van der Waals surface area contributed by atoms with E-state index in [0.29, 0.717) is 0 Å². The summed E-state index contributed by atoms with van der Waals surface area (Å²) >= 11 is 0. The molecule has 5 heteroatoms. The van der Waals surface area contributed by atoms with E-state index in [-0.39, 0.29) is 6.10 Å². The average molecular weight is 169 g/mol. The van der Waals surface area contributed by atoms with E-state index in [1.54, 1.807) is 13.8 Å². The van der Waals surface area contributed by atoms with Gasteiger partial charge >= 0.3 is 8.25 Å². The predicted octanol–water partition coefficient (Wildman–Crippen LogP) is 1.32. The van der Waals surface area contributed by atoms with Gasteiger partial charge in [0.2, 0.25) is 0 Å². The van der Waals surface area contributed by atoms with Crippen molar-refractivity contribution in [1.82, 2.24) is 0 Å². The van der Waals surface area contributed by atoms with Gasteiger partial charge in [-0.15, -0.1) is 9.05 Å². The summed E-state index contributed by atoms with van der Waals surface area (Å²) < 4.78 is 18.3. The molecular formula is C5H14O4P+. The minimum atomic E-state index is -1.83. The molecule has 0 amide bonds. The lowest BCUT2D eigenvalue weighted by atomic mass is 10.5. The molecule has 0 fully saturated rings. The van der Waals surface area contributed by atoms with Crippen molar-refractivity contribution in [3.63, 3.8) is 0 Å². The van der Waals surface area contributed by atoms with Gasteiger partial charge in [-0.1, -0.05) is 0 Å². The topological polar surface area (TPSA) is 55.8 Å². The van der Waals surface area contributed by atoms with Crippen molar-refractivity contribution in [1.29, 1.82) is 0 Å². The number of aliphatic hydroxyl groups excluding tert-OH is 1. The Hall–Kier alpha value is -0.0200. The van der Waals surface area contributed by atoms with E-state index in [2.05, 4.69) is 9.05 Å². The van der Waals surface area contributed by atoms with Gasteiger partial charge in [-0.3, -0.25) is 0 Å². The Morgan fingerprint density at radius 1 is 1.30 bits per heavy atom. The van der Waals surface area contributed by atoms with Gasteiger partial charge in [0, 0.05) is 10.7 Å². The standard InChI is InChI=1S/C3H8O.C2H6O3P/c1-3(2)4;1-4-6(3)5-2/h3-4H,1-2H3;1-2H3/q;+1. The number of hydrogen-bond acceptors (Lipinski definition) is 4. The molecule has 4 nitrogen and oxygen atoms in total. The molecule has 10 heavy (non-hydrogen) atoms. The van der Waals surface area contributed by atoms with Gasteiger partial charge in [-0.05, 0) is 13.8 Å². The third kappa shape index (κ3) is 24.5. The first-order valence-corrected chi connectivity index (χ1v) is 3.87. The monoisotopic (exact) mass is 169 g/mol. The molecule has 0 saturated heterocycles. The second-order valence-corrected chi connectivity index (χ2v) is 2.86. The fourth-order valence-electron chi connectivity index (χ4n) is 0.0745. The first-order chi connectivity index (χ1) is 4.54. The van der Waals surface area contributed by atoms with E-state index in [1.165, 1.54) is 14.2 Å². The van der Waals surface area contributed by atoms with E-state index in [1.807, 2.05) is 0 Å². The third-order valence-electron chi connectivity index (χ3n) is 0.298. The van der Waals surface area contributed by atoms with Crippen LogP contribution in [0.5, 0.6) is 0 Å². The molecule has 0 aliphatic carbocycles. The number of rotatable bonds is 2. The highest BCUT2D eigenvalue weighted by Crippen LogP contribution is 2.18. The molecule has 0 unspecified atom stereocenters. The molecular weight excluding hydrogens is 155 g/mol. The van der Waals surface area contributed by atoms with Crippen molar-refractivity contribution >= 4 is 8.25 Å². The minimum absolute atomic E-state index is 0.167. The van der Waals surface area contributed by atoms with Gasteiger partial charge in [-0.2, -0.15) is 0 Å². The second kappa shape index (κ2) is 8.98. The summed E-state index contributed by atoms with van der Waals surface area (Å²) in [7, 11) is 0.817. The van der Waals surface area contributed by atoms with Crippen LogP contribution < -0.4 is 0 Å². The highest BCUT2D eigenvalue weighted by molar-refractivity contribution is 7.33. The van der Waals surface area contributed by atoms with Crippen LogP contribution in [-0.4, -0.2) is 25.4 Å². The average Bonchev–Trinajstić information content (AvgIpc) is 1.85. The van der Waals surface area contributed by atoms with Crippen LogP contribution in [0.3, 0.4) is 0 Å². The van der Waals surface area contributed by atoms with Crippen LogP contribution in [-0.2, 0) is 13.6 Å². The Kier molecular flexibility index (Phi) is 11.3. The van der Waals surface area contributed by atoms with Gasteiger partial charge in [0.15, 0.2) is 0 Å². The molecule has 0 rings (SSSR count). The highest BCUT2D eigenvalue weighted by Gasteiger charge is 2.10. The Morgan fingerprint density at radius 2 is 1.50 bits per heavy atom. The molecule has 62 valence electrons. The summed E-state index contributed by atoms with van der Waals surface area (Å²) in [6.07, 6.45) is -0.167. The van der Waals surface area contributed by atoms with Crippen molar-refractivity contribution < 1.29 is 18.7 Å². The summed E-state index contributed by atoms with van der Waals surface area (Å²) in [6.45, 7) is 3.44. The molecule has 0 aromatic heterocycles. The molecule has 0 spiro atoms. The Bertz CT molecular complexity index is 75.0. The third-order valence-corrected chi connectivity index (χ3v) is 0.894. The first kappa shape index (κ1) is 12.6. The summed E-state index contributed by atoms with van der Waals surface area (Å²) in [6, 6.07) is 0. The highest BCUT2D eigenvalue weighted by atomic mass is 31.1. The predicted molar refractivity (Wildman–Crippen MR) is 39.0 cm³/mol. The van der Waals surface area contributed by atoms with Crippen molar-refractivity contribution in [2.45, 2.75) is 20.0 Å². The molecule has 0 saturated carbocycles. The van der Waals surface area contributed by atoms with Crippen LogP contribution >= 0.6 is 8.25 Å². The maximum Gasteiger partial charge on any atom is 0.696 e. The smallest absolute Gasteiger partial charge is 0.394 e. The van der Waals surface area contributed by atoms with Gasteiger partial charge in [0.25, 0.3) is 0 Å². The number of hydrogen-bond donors (Lipinski definition) is 1. The van der Waals surface area contributed by atoms with E-state index in [4.69, 9.17) is 5.11 Å². The van der Waals surface area contributed by atoms with Crippen molar-refractivity contribution in [3.05, 3.63) is 0 Å². The number of aliphatic hydroxyl groups is 1. The zero-order chi connectivity index (χ0) is 8.57. The lowest BCUT2D eigenvalue weighted by Gasteiger charge is -1.80. The molecule has 0 bridgehead atoms. The van der Waals surface area contributed by atoms with E-state index in [9.17, 15) is 4.57 Å². The zero-order valence-electron chi connectivity index (χ0n) is 6.70. The molecule has 0 aromatic rings. The Labute approximate surface area is 62.1 Å². The van der Waals surface area contributed by atoms with Crippen LogP contribution in [0.4, 0.5) is 0 Å². The molecule has 0 aliphatic rings. The van der Waals surface area contributed by atoms with Crippen molar-refractivity contribution in [2.75, 3.05) is 14.2 Å². The van der Waals surface area contributed by atoms with Crippen LogP contribution in [0.1, 0.15) is 13.8 Å². The maximum absolute atomic E-state index is 9.88. The van der Waals surface area contributed by atoms with Gasteiger partial charge in [0.1, 0.15) is 0 Å². The van der Waals surface area contributed by atoms with Crippen molar-refractivity contribution in [3.8, 4) is 0 Å². The molecule has 0 heterocycles. The first-order valence-electron chi connectivity index (χ1n) is 2.78. The molecule has 0 aromatic carbocycles. The Morgan fingerprint density at radius 3 is 1.50 bits per heavy atom. The molecule has 0 aliphatic heterocycles. The van der Waals surface area contributed by atoms with Crippen LogP contribution in [0.15, 0.2) is 0 Å². The van der Waals surface area contributed by atoms with Crippen LogP contribution in [0, 0.1) is 0 Å². The van der Waals surface area contributed by atoms with Crippen LogP contribution in [0.25, 0.3) is 0 Å². The fourth-order valence-corrected chi connectivity index (χ4v) is 0.224. The van der Waals surface area contributed by atoms with Gasteiger partial charge in [-0.25, -0.2) is 0 Å². The normalized spacial score (nSPS) is 8.60. The largest absolute Gasteiger partial charge is 0.696 e. The molecule has 0 atom stereocenters. The van der Waals surface area contributed by atoms with Crippen LogP contribution in [0.2, 0.25) is 0 Å². The summed E-state index contributed by atoms with van der Waals surface area (Å²) in [5.41, 5.74) is 0. The molecule has 1 N–H and O–H groups in total. The lowest BCUT2D eigenvalue weighted by molar-refractivity contribution is 0.216. The van der Waals surface area contributed by atoms with E-state index >= 15 is 0 Å². The minimum Gasteiger partial charge on any atom is -0.394 e. The summed E-state index contributed by atoms with van der Waals surface area (Å²) in [4.78, 5) is 0. The van der Waals surface area contributed by atoms with Gasteiger partial charge in [0.05, 0.1) is 14.2 Å². The SMILES string of the molecule is CC(C)O.CO[P+](=O)OC. The lowest BCUT2D eigenvalue weighted by Crippen LogP contribution is -1.85. The Balaban J connectivity index is 0. The second-order valence-electron chi connectivity index (χ2n) is 1.68. The van der Waals surface area contributed by atoms with E-state index in [0.717, 1.165) is 0 Å². The fraction of sp³-hybridized carbons (Fsp3) is 1.00. The maximum atomic E-state index is 9.88. The van der Waals surface area contributed by atoms with E-state index < -0.39 is 8.25 Å². The van der Waals surface area contributed by atoms with Crippen molar-refractivity contribution in [2.24, 2.45) is 0 Å². The molecule has 0 radical (unpaired) electrons. The quantitative estimate of drug-likeness (QED) is 0.633. The summed E-state index contributed by atoms with van der Waals surface area (Å²) in [5, 5.41) is 8.06.